The lowest BCUT2D eigenvalue weighted by Crippen LogP contribution is -2.53. The molecule has 9 nitrogen and oxygen atoms in total. The number of aryl methyl sites for hydroxylation is 1. The summed E-state index contributed by atoms with van der Waals surface area (Å²) in [5.74, 6) is 8.65. The first kappa shape index (κ1) is 62.3. The molecule has 426 valence electrons. The second kappa shape index (κ2) is 29.5. The fraction of sp³-hybridized carbons (Fsp3) is 0.451. The number of nitrogen functional groups attached to an aromatic ring is 1. The molecular weight excluding hydrogens is 979 g/mol. The van der Waals surface area contributed by atoms with E-state index in [1.807, 2.05) is 48.7 Å². The minimum Gasteiger partial charge on any atom is -0.383 e. The quantitative estimate of drug-likeness (QED) is 0.0436. The Morgan fingerprint density at radius 2 is 1.61 bits per heavy atom. The summed E-state index contributed by atoms with van der Waals surface area (Å²) in [6.45, 7) is 45.2. The van der Waals surface area contributed by atoms with Crippen LogP contribution in [0.25, 0.3) is 16.8 Å². The number of rotatable bonds is 23. The van der Waals surface area contributed by atoms with Crippen molar-refractivity contribution in [2.45, 2.75) is 164 Å². The van der Waals surface area contributed by atoms with Crippen LogP contribution in [-0.4, -0.2) is 63.1 Å². The summed E-state index contributed by atoms with van der Waals surface area (Å²) in [5.41, 5.74) is 25.3. The van der Waals surface area contributed by atoms with E-state index in [-0.39, 0.29) is 23.4 Å². The second-order valence-corrected chi connectivity index (χ2v) is 24.0. The minimum absolute atomic E-state index is 0.0498. The third-order valence-electron chi connectivity index (χ3n) is 16.5. The van der Waals surface area contributed by atoms with Gasteiger partial charge in [0.2, 0.25) is 0 Å². The number of hydrogen-bond donors (Lipinski definition) is 3. The molecule has 2 aromatic heterocycles. The lowest BCUT2D eigenvalue weighted by atomic mass is 9.80. The molecule has 5 aromatic rings. The highest BCUT2D eigenvalue weighted by Crippen LogP contribution is 2.41. The average molecular weight is 1080 g/mol. The van der Waals surface area contributed by atoms with Crippen molar-refractivity contribution in [2.24, 2.45) is 23.2 Å². The molecule has 6 atom stereocenters. The van der Waals surface area contributed by atoms with Gasteiger partial charge < -0.3 is 25.9 Å². The van der Waals surface area contributed by atoms with Crippen molar-refractivity contribution in [3.05, 3.63) is 192 Å². The van der Waals surface area contributed by atoms with Crippen LogP contribution < -0.4 is 21.4 Å². The van der Waals surface area contributed by atoms with E-state index in [2.05, 4.69) is 192 Å². The van der Waals surface area contributed by atoms with Crippen LogP contribution in [0.4, 0.5) is 11.5 Å². The number of nitrogens with zero attached hydrogens (tertiary/aromatic N) is 6. The number of likely N-dealkylation sites (N-methyl/N-ethyl adjacent to an activating group) is 1. The molecule has 9 heteroatoms. The number of hydrazine groups is 1. The average Bonchev–Trinajstić information content (AvgIpc) is 3.88. The molecular formula is C71H97N9. The van der Waals surface area contributed by atoms with Crippen molar-refractivity contribution < 1.29 is 0 Å². The largest absolute Gasteiger partial charge is 0.383 e. The van der Waals surface area contributed by atoms with Crippen LogP contribution in [-0.2, 0) is 6.42 Å². The van der Waals surface area contributed by atoms with Gasteiger partial charge in [0.1, 0.15) is 12.1 Å². The van der Waals surface area contributed by atoms with Crippen molar-refractivity contribution in [1.29, 1.82) is 0 Å². The fourth-order valence-corrected chi connectivity index (χ4v) is 12.0. The first-order valence-corrected chi connectivity index (χ1v) is 29.7. The molecule has 1 saturated heterocycles. The lowest BCUT2D eigenvalue weighted by molar-refractivity contribution is 0.149. The Morgan fingerprint density at radius 1 is 0.912 bits per heavy atom. The summed E-state index contributed by atoms with van der Waals surface area (Å²) < 4.78 is 0. The van der Waals surface area contributed by atoms with E-state index in [9.17, 15) is 0 Å². The van der Waals surface area contributed by atoms with Crippen LogP contribution in [0.3, 0.4) is 0 Å². The van der Waals surface area contributed by atoms with Gasteiger partial charge in [-0.1, -0.05) is 171 Å². The van der Waals surface area contributed by atoms with E-state index in [0.29, 0.717) is 35.2 Å². The predicted octanol–water partition coefficient (Wildman–Crippen LogP) is 16.1. The van der Waals surface area contributed by atoms with Crippen LogP contribution >= 0.6 is 0 Å². The molecule has 3 aromatic carbocycles. The lowest BCUT2D eigenvalue weighted by Gasteiger charge is -2.42. The Morgan fingerprint density at radius 3 is 2.21 bits per heavy atom. The number of allylic oxidation sites excluding steroid dienone is 3. The van der Waals surface area contributed by atoms with Crippen molar-refractivity contribution in [2.75, 3.05) is 30.8 Å². The summed E-state index contributed by atoms with van der Waals surface area (Å²) in [5, 5.41) is 6.29. The first-order chi connectivity index (χ1) is 38.2. The van der Waals surface area contributed by atoms with Crippen molar-refractivity contribution >= 4 is 17.2 Å². The van der Waals surface area contributed by atoms with Crippen molar-refractivity contribution in [3.8, 4) is 23.0 Å². The monoisotopic (exact) mass is 1080 g/mol. The van der Waals surface area contributed by atoms with Gasteiger partial charge in [-0.3, -0.25) is 4.98 Å². The van der Waals surface area contributed by atoms with Crippen molar-refractivity contribution in [3.63, 3.8) is 0 Å². The third kappa shape index (κ3) is 16.8. The molecule has 80 heavy (non-hydrogen) atoms. The molecule has 1 aliphatic heterocycles. The van der Waals surface area contributed by atoms with Gasteiger partial charge in [0.05, 0.1) is 23.3 Å². The SMILES string of the molecule is C=CCCC(C)(C)C/C(C)=C(\c1cc(C#Cc2cncnc2N)cnc1C(C)CC)N(CC)c1ccc(-c2cc(C)cc(CC(NC(=C)C(C(C)C)N(C)C(=C)C3CCCC3C)C(=C)N3CCCC(C)N3)c2)cc1.c1ccccc1. The maximum absolute atomic E-state index is 6.18. The van der Waals surface area contributed by atoms with Gasteiger partial charge in [-0.05, 0) is 143 Å². The fourth-order valence-electron chi connectivity index (χ4n) is 12.0. The first-order valence-electron chi connectivity index (χ1n) is 29.7. The second-order valence-electron chi connectivity index (χ2n) is 24.0. The number of anilines is 2. The van der Waals surface area contributed by atoms with E-state index in [1.165, 1.54) is 64.8 Å². The highest BCUT2D eigenvalue weighted by atomic mass is 15.5. The molecule has 1 aliphatic carbocycles. The van der Waals surface area contributed by atoms with Gasteiger partial charge in [0.15, 0.2) is 0 Å². The molecule has 2 aliphatic rings. The van der Waals surface area contributed by atoms with E-state index < -0.39 is 0 Å². The van der Waals surface area contributed by atoms with E-state index >= 15 is 0 Å². The van der Waals surface area contributed by atoms with Gasteiger partial charge in [0, 0.05) is 84.1 Å². The molecule has 7 rings (SSSR count). The van der Waals surface area contributed by atoms with E-state index in [4.69, 9.17) is 23.9 Å². The Balaban J connectivity index is 0.00000161. The number of pyridine rings is 1. The summed E-state index contributed by atoms with van der Waals surface area (Å²) in [4.78, 5) is 18.4. The number of aromatic nitrogens is 3. The normalized spacial score (nSPS) is 17.6. The standard InChI is InChI=1S/C65H91N9.C6H6/c1-17-20-32-65(14,15)39-47(9)63(59-37-52(40-68-61(59)45(7)18-2)26-27-55-41-67-42-69-64(55)66)73(19-3)57-30-28-54(29-31-57)56-35-44(6)34-53(36-56)38-60(51(13)74-33-22-24-48(10)71-74)70-49(11)62(43(4)5)72(16)50(12)58-25-21-23-46(58)8;1-2-4-6-5-3-1/h17,28-31,34-37,40-43,45-46,48,58,60,62,70-71H,1,11-13,18-25,32-33,38-39H2,2-10,14-16H3,(H2,66,67,69);1-6H/b63-47+;. The van der Waals surface area contributed by atoms with Crippen LogP contribution in [0.2, 0.25) is 0 Å². The zero-order chi connectivity index (χ0) is 58.1. The maximum atomic E-state index is 6.18. The zero-order valence-electron chi connectivity index (χ0n) is 51.0. The minimum atomic E-state index is -0.0799. The van der Waals surface area contributed by atoms with Crippen LogP contribution in [0, 0.1) is 41.9 Å². The summed E-state index contributed by atoms with van der Waals surface area (Å²) in [7, 11) is 2.22. The van der Waals surface area contributed by atoms with E-state index in [0.717, 1.165) is 91.9 Å². The number of nitrogens with two attached hydrogens (primary N) is 1. The molecule has 2 fully saturated rings. The predicted molar refractivity (Wildman–Crippen MR) is 341 cm³/mol. The van der Waals surface area contributed by atoms with Crippen LogP contribution in [0.15, 0.2) is 159 Å². The van der Waals surface area contributed by atoms with Gasteiger partial charge in [-0.2, -0.15) is 0 Å². The third-order valence-corrected chi connectivity index (χ3v) is 16.5. The Kier molecular flexibility index (Phi) is 23.0. The van der Waals surface area contributed by atoms with Gasteiger partial charge in [-0.15, -0.1) is 6.58 Å². The van der Waals surface area contributed by atoms with Crippen LogP contribution in [0.5, 0.6) is 0 Å². The Labute approximate surface area is 484 Å². The number of nitrogens with one attached hydrogen (secondary N) is 2. The summed E-state index contributed by atoms with van der Waals surface area (Å²) >= 11 is 0. The molecule has 0 radical (unpaired) electrons. The smallest absolute Gasteiger partial charge is 0.142 e. The zero-order valence-corrected chi connectivity index (χ0v) is 51.0. The molecule has 3 heterocycles. The molecule has 6 unspecified atom stereocenters. The van der Waals surface area contributed by atoms with Crippen molar-refractivity contribution in [1.82, 2.24) is 35.6 Å². The molecule has 0 spiro atoms. The van der Waals surface area contributed by atoms with Gasteiger partial charge >= 0.3 is 0 Å². The number of hydrogen-bond acceptors (Lipinski definition) is 9. The molecule has 4 N–H and O–H groups in total. The summed E-state index contributed by atoms with van der Waals surface area (Å²) in [6, 6.07) is 30.8. The molecule has 0 amide bonds. The molecule has 0 bridgehead atoms. The summed E-state index contributed by atoms with van der Waals surface area (Å²) in [6.07, 6.45) is 17.7. The van der Waals surface area contributed by atoms with E-state index in [1.54, 1.807) is 6.20 Å². The van der Waals surface area contributed by atoms with Gasteiger partial charge in [0.25, 0.3) is 0 Å². The molecule has 1 saturated carbocycles. The van der Waals surface area contributed by atoms with Gasteiger partial charge in [-0.25, -0.2) is 15.4 Å². The number of benzene rings is 3. The Bertz CT molecular complexity index is 2910. The van der Waals surface area contributed by atoms with Crippen LogP contribution in [0.1, 0.15) is 166 Å². The Hall–Kier alpha value is -6.89. The highest BCUT2D eigenvalue weighted by molar-refractivity contribution is 5.84. The maximum Gasteiger partial charge on any atom is 0.142 e. The topological polar surface area (TPSA) is 98.5 Å². The highest BCUT2D eigenvalue weighted by Gasteiger charge is 2.34.